The van der Waals surface area contributed by atoms with E-state index < -0.39 is 17.7 Å². The highest BCUT2D eigenvalue weighted by Crippen LogP contribution is 2.32. The van der Waals surface area contributed by atoms with Gasteiger partial charge < -0.3 is 35.8 Å². The number of fused-ring (bicyclic) bond motifs is 2. The Labute approximate surface area is 251 Å². The van der Waals surface area contributed by atoms with Crippen LogP contribution in [0.5, 0.6) is 11.5 Å². The number of methoxy groups -OCH3 is 1. The third kappa shape index (κ3) is 5.37. The number of ether oxygens (including phenoxy) is 1. The number of aromatic nitrogens is 6. The zero-order valence-corrected chi connectivity index (χ0v) is 24.6. The molecule has 15 heteroatoms. The maximum atomic E-state index is 13.3. The number of hydrogen-bond donors (Lipinski definition) is 5. The molecule has 0 spiro atoms. The number of aromatic hydroxyl groups is 1. The summed E-state index contributed by atoms with van der Waals surface area (Å²) in [6, 6.07) is 7.57. The fourth-order valence-corrected chi connectivity index (χ4v) is 5.05. The first-order valence-electron chi connectivity index (χ1n) is 13.7. The number of carbonyl (C=O) groups is 3. The zero-order valence-electron chi connectivity index (χ0n) is 24.6. The number of imidazole rings is 2. The summed E-state index contributed by atoms with van der Waals surface area (Å²) in [7, 11) is 3.16. The third-order valence-electron chi connectivity index (χ3n) is 7.04. The molecule has 3 aromatic heterocycles. The summed E-state index contributed by atoms with van der Waals surface area (Å²) in [4.78, 5) is 46.0. The molecule has 0 aliphatic rings. The molecule has 2 aromatic carbocycles. The van der Waals surface area contributed by atoms with Gasteiger partial charge in [0.1, 0.15) is 28.2 Å². The number of hydrogen-bond acceptors (Lipinski definition) is 9. The third-order valence-corrected chi connectivity index (χ3v) is 7.04. The van der Waals surface area contributed by atoms with Crippen molar-refractivity contribution in [2.24, 2.45) is 11.5 Å². The van der Waals surface area contributed by atoms with Crippen molar-refractivity contribution < 1.29 is 24.2 Å². The molecule has 3 amide bonds. The number of primary amides is 2. The van der Waals surface area contributed by atoms with E-state index in [1.807, 2.05) is 19.1 Å². The van der Waals surface area contributed by atoms with Crippen LogP contribution in [0.15, 0.2) is 42.5 Å². The predicted octanol–water partition coefficient (Wildman–Crippen LogP) is 2.37. The second-order valence-electron chi connectivity index (χ2n) is 9.89. The van der Waals surface area contributed by atoms with Crippen LogP contribution in [-0.2, 0) is 19.6 Å². The molecule has 7 N–H and O–H groups in total. The van der Waals surface area contributed by atoms with E-state index in [4.69, 9.17) is 16.2 Å². The number of amides is 3. The Bertz CT molecular complexity index is 1970. The summed E-state index contributed by atoms with van der Waals surface area (Å²) in [6.45, 7) is 4.73. The molecule has 0 atom stereocenters. The quantitative estimate of drug-likeness (QED) is 0.141. The van der Waals surface area contributed by atoms with Gasteiger partial charge in [0, 0.05) is 37.8 Å². The van der Waals surface area contributed by atoms with Crippen molar-refractivity contribution in [2.45, 2.75) is 33.5 Å². The maximum Gasteiger partial charge on any atom is 0.276 e. The Hall–Kier alpha value is -5.86. The van der Waals surface area contributed by atoms with Gasteiger partial charge in [-0.1, -0.05) is 12.2 Å². The fourth-order valence-electron chi connectivity index (χ4n) is 5.05. The van der Waals surface area contributed by atoms with Gasteiger partial charge in [-0.2, -0.15) is 5.10 Å². The van der Waals surface area contributed by atoms with Crippen LogP contribution in [-0.4, -0.2) is 65.9 Å². The Morgan fingerprint density at radius 1 is 0.932 bits per heavy atom. The van der Waals surface area contributed by atoms with Crippen LogP contribution in [0.1, 0.15) is 43.8 Å². The van der Waals surface area contributed by atoms with Gasteiger partial charge in [0.25, 0.3) is 5.91 Å². The normalized spacial score (nSPS) is 11.5. The molecule has 0 radical (unpaired) electrons. The molecule has 0 fully saturated rings. The van der Waals surface area contributed by atoms with E-state index in [1.54, 1.807) is 33.9 Å². The first-order chi connectivity index (χ1) is 21.1. The highest BCUT2D eigenvalue weighted by Gasteiger charge is 2.21. The van der Waals surface area contributed by atoms with Crippen molar-refractivity contribution in [2.75, 3.05) is 24.8 Å². The first-order valence-corrected chi connectivity index (χ1v) is 13.7. The lowest BCUT2D eigenvalue weighted by Crippen LogP contribution is -2.20. The molecule has 0 saturated carbocycles. The molecule has 0 saturated heterocycles. The molecule has 15 nitrogen and oxygen atoms in total. The number of phenolic OH excluding ortho intramolecular Hbond substituents is 1. The summed E-state index contributed by atoms with van der Waals surface area (Å²) < 4.78 is 10.7. The molecular weight excluding hydrogens is 568 g/mol. The topological polar surface area (TPSA) is 210 Å². The molecule has 0 bridgehead atoms. The van der Waals surface area contributed by atoms with Gasteiger partial charge in [-0.15, -0.1) is 0 Å². The van der Waals surface area contributed by atoms with Crippen molar-refractivity contribution in [1.29, 1.82) is 0 Å². The standard InChI is InChI=1S/C29H32N10O5/c1-5-39-20(10-15(2)36-39)27(43)35-29-34-19-12-17(26(31)42)14-22(44-4)24(19)38(29)9-7-6-8-37-23-18(33-28(37)32-3)11-16(25(30)41)13-21(23)40/h6-7,10-14,40H,5,8-9H2,1-4H3,(H2,30,41)(H2,31,42)(H,32,33)(H,34,35,43)/b7-6+. The average molecular weight is 601 g/mol. The molecule has 44 heavy (non-hydrogen) atoms. The molecule has 3 heterocycles. The van der Waals surface area contributed by atoms with Gasteiger partial charge in [0.15, 0.2) is 0 Å². The SMILES string of the molecule is CCn1nc(C)cc1C(=O)Nc1nc2cc(C(N)=O)cc(OC)c2n1C/C=C/Cn1c(NC)nc2cc(C(N)=O)cc(O)c21. The number of anilines is 2. The van der Waals surface area contributed by atoms with Crippen LogP contribution in [0.4, 0.5) is 11.9 Å². The maximum absolute atomic E-state index is 13.3. The molecule has 0 unspecified atom stereocenters. The minimum Gasteiger partial charge on any atom is -0.506 e. The Kier molecular flexibility index (Phi) is 7.94. The van der Waals surface area contributed by atoms with Gasteiger partial charge >= 0.3 is 0 Å². The van der Waals surface area contributed by atoms with E-state index in [9.17, 15) is 19.5 Å². The summed E-state index contributed by atoms with van der Waals surface area (Å²) in [5.41, 5.74) is 14.1. The van der Waals surface area contributed by atoms with E-state index in [2.05, 4.69) is 25.7 Å². The minimum absolute atomic E-state index is 0.138. The molecule has 0 aliphatic carbocycles. The average Bonchev–Trinajstić information content (AvgIpc) is 3.66. The number of nitrogens with one attached hydrogen (secondary N) is 2. The summed E-state index contributed by atoms with van der Waals surface area (Å²) in [5, 5.41) is 20.9. The van der Waals surface area contributed by atoms with E-state index in [-0.39, 0.29) is 29.4 Å². The summed E-state index contributed by atoms with van der Waals surface area (Å²) in [5.74, 6) is -0.835. The second-order valence-corrected chi connectivity index (χ2v) is 9.89. The lowest BCUT2D eigenvalue weighted by atomic mass is 10.1. The minimum atomic E-state index is -0.675. The number of nitrogens with zero attached hydrogens (tertiary/aromatic N) is 6. The number of carbonyl (C=O) groups excluding carboxylic acids is 3. The number of aryl methyl sites for hydroxylation is 2. The Morgan fingerprint density at radius 3 is 2.11 bits per heavy atom. The summed E-state index contributed by atoms with van der Waals surface area (Å²) >= 11 is 0. The van der Waals surface area contributed by atoms with E-state index in [1.165, 1.54) is 31.4 Å². The second kappa shape index (κ2) is 11.8. The van der Waals surface area contributed by atoms with Crippen molar-refractivity contribution in [3.05, 3.63) is 65.0 Å². The van der Waals surface area contributed by atoms with Crippen LogP contribution in [0.25, 0.3) is 22.1 Å². The molecular formula is C29H32N10O5. The number of benzene rings is 2. The number of allylic oxidation sites excluding steroid dienone is 2. The Morgan fingerprint density at radius 2 is 1.52 bits per heavy atom. The van der Waals surface area contributed by atoms with Gasteiger partial charge in [0.05, 0.1) is 23.8 Å². The van der Waals surface area contributed by atoms with Crippen molar-refractivity contribution in [3.8, 4) is 11.5 Å². The lowest BCUT2D eigenvalue weighted by Gasteiger charge is -2.11. The number of phenols is 1. The van der Waals surface area contributed by atoms with E-state index in [0.717, 1.165) is 0 Å². The Balaban J connectivity index is 1.52. The molecule has 5 aromatic rings. The predicted molar refractivity (Wildman–Crippen MR) is 164 cm³/mol. The van der Waals surface area contributed by atoms with Crippen LogP contribution in [0.3, 0.4) is 0 Å². The van der Waals surface area contributed by atoms with E-state index in [0.29, 0.717) is 58.2 Å². The van der Waals surface area contributed by atoms with Crippen molar-refractivity contribution in [3.63, 3.8) is 0 Å². The highest BCUT2D eigenvalue weighted by atomic mass is 16.5. The summed E-state index contributed by atoms with van der Waals surface area (Å²) in [6.07, 6.45) is 3.69. The van der Waals surface area contributed by atoms with Crippen LogP contribution >= 0.6 is 0 Å². The van der Waals surface area contributed by atoms with E-state index >= 15 is 0 Å². The molecule has 228 valence electrons. The van der Waals surface area contributed by atoms with Crippen LogP contribution < -0.4 is 26.8 Å². The monoisotopic (exact) mass is 600 g/mol. The van der Waals surface area contributed by atoms with Crippen molar-refractivity contribution >= 4 is 51.7 Å². The highest BCUT2D eigenvalue weighted by molar-refractivity contribution is 6.04. The molecule has 5 rings (SSSR count). The lowest BCUT2D eigenvalue weighted by molar-refractivity contribution is 0.0991. The van der Waals surface area contributed by atoms with Gasteiger partial charge in [-0.25, -0.2) is 9.97 Å². The number of rotatable bonds is 11. The largest absolute Gasteiger partial charge is 0.506 e. The van der Waals surface area contributed by atoms with Gasteiger partial charge in [-0.05, 0) is 44.2 Å². The fraction of sp³-hybridized carbons (Fsp3) is 0.241. The smallest absolute Gasteiger partial charge is 0.276 e. The van der Waals surface area contributed by atoms with Gasteiger partial charge in [0.2, 0.25) is 23.7 Å². The molecule has 0 aliphatic heterocycles. The van der Waals surface area contributed by atoms with Gasteiger partial charge in [-0.3, -0.25) is 24.4 Å². The van der Waals surface area contributed by atoms with Crippen LogP contribution in [0, 0.1) is 6.92 Å². The van der Waals surface area contributed by atoms with Crippen LogP contribution in [0.2, 0.25) is 0 Å². The number of nitrogens with two attached hydrogens (primary N) is 2. The van der Waals surface area contributed by atoms with Crippen molar-refractivity contribution in [1.82, 2.24) is 28.9 Å². The zero-order chi connectivity index (χ0) is 31.7. The first kappa shape index (κ1) is 29.6.